The quantitative estimate of drug-likeness (QED) is 0.776. The van der Waals surface area contributed by atoms with Crippen molar-refractivity contribution < 1.29 is 9.90 Å². The van der Waals surface area contributed by atoms with Crippen LogP contribution in [-0.4, -0.2) is 11.1 Å². The Labute approximate surface area is 124 Å². The third-order valence-electron chi connectivity index (χ3n) is 6.08. The zero-order chi connectivity index (χ0) is 14.8. The molecule has 2 aliphatic rings. The zero-order valence-electron chi connectivity index (χ0n) is 13.5. The van der Waals surface area contributed by atoms with Crippen molar-refractivity contribution in [2.45, 2.75) is 78.6 Å². The molecule has 116 valence electrons. The Kier molecular flexibility index (Phi) is 5.14. The molecular formula is C18H32O2. The fraction of sp³-hybridized carbons (Fsp3) is 0.944. The molecule has 0 aromatic carbocycles. The van der Waals surface area contributed by atoms with Crippen LogP contribution in [0.25, 0.3) is 0 Å². The van der Waals surface area contributed by atoms with E-state index in [4.69, 9.17) is 0 Å². The van der Waals surface area contributed by atoms with E-state index in [0.717, 1.165) is 44.4 Å². The molecule has 0 aliphatic heterocycles. The van der Waals surface area contributed by atoms with Gasteiger partial charge in [-0.3, -0.25) is 4.79 Å². The van der Waals surface area contributed by atoms with Gasteiger partial charge in [-0.2, -0.15) is 0 Å². The smallest absolute Gasteiger partial charge is 0.309 e. The molecule has 2 aliphatic carbocycles. The van der Waals surface area contributed by atoms with Gasteiger partial charge in [0.1, 0.15) is 0 Å². The number of rotatable bonds is 4. The van der Waals surface area contributed by atoms with Crippen molar-refractivity contribution in [1.82, 2.24) is 0 Å². The standard InChI is InChI=1S/C18H32O2/c1-4-5-15-6-8-18(9-7-15,17(19)20)16-11-13(2)10-14(3)12-16/h13-16H,4-12H2,1-3H3,(H,19,20). The summed E-state index contributed by atoms with van der Waals surface area (Å²) in [6.07, 6.45) is 10.2. The molecule has 2 heteroatoms. The molecule has 0 bridgehead atoms. The van der Waals surface area contributed by atoms with E-state index >= 15 is 0 Å². The van der Waals surface area contributed by atoms with Gasteiger partial charge in [-0.15, -0.1) is 0 Å². The summed E-state index contributed by atoms with van der Waals surface area (Å²) >= 11 is 0. The SMILES string of the molecule is CCCC1CCC(C(=O)O)(C2CC(C)CC(C)C2)CC1. The van der Waals surface area contributed by atoms with Gasteiger partial charge in [-0.25, -0.2) is 0 Å². The van der Waals surface area contributed by atoms with Crippen LogP contribution in [0.2, 0.25) is 0 Å². The number of aliphatic carboxylic acids is 1. The van der Waals surface area contributed by atoms with E-state index in [9.17, 15) is 9.90 Å². The molecule has 0 spiro atoms. The lowest BCUT2D eigenvalue weighted by Crippen LogP contribution is -2.44. The van der Waals surface area contributed by atoms with Crippen LogP contribution in [0.15, 0.2) is 0 Å². The Balaban J connectivity index is 2.09. The normalized spacial score (nSPS) is 42.4. The minimum absolute atomic E-state index is 0.396. The lowest BCUT2D eigenvalue weighted by molar-refractivity contribution is -0.158. The average Bonchev–Trinajstić information content (AvgIpc) is 2.38. The molecule has 0 heterocycles. The van der Waals surface area contributed by atoms with Crippen LogP contribution >= 0.6 is 0 Å². The predicted molar refractivity (Wildman–Crippen MR) is 82.6 cm³/mol. The molecule has 0 saturated heterocycles. The molecule has 0 aromatic heterocycles. The Hall–Kier alpha value is -0.530. The molecule has 0 aromatic rings. The highest BCUT2D eigenvalue weighted by Gasteiger charge is 2.49. The van der Waals surface area contributed by atoms with Gasteiger partial charge in [0.05, 0.1) is 5.41 Å². The predicted octanol–water partition coefficient (Wildman–Crippen LogP) is 5.12. The molecule has 2 atom stereocenters. The summed E-state index contributed by atoms with van der Waals surface area (Å²) in [7, 11) is 0. The third-order valence-corrected chi connectivity index (χ3v) is 6.08. The zero-order valence-corrected chi connectivity index (χ0v) is 13.5. The highest BCUT2D eigenvalue weighted by Crippen LogP contribution is 2.52. The first-order chi connectivity index (χ1) is 9.48. The molecule has 2 saturated carbocycles. The van der Waals surface area contributed by atoms with Crippen LogP contribution in [0.3, 0.4) is 0 Å². The highest BCUT2D eigenvalue weighted by atomic mass is 16.4. The van der Waals surface area contributed by atoms with Crippen LogP contribution in [0.4, 0.5) is 0 Å². The van der Waals surface area contributed by atoms with Crippen LogP contribution < -0.4 is 0 Å². The van der Waals surface area contributed by atoms with Crippen LogP contribution in [0.5, 0.6) is 0 Å². The van der Waals surface area contributed by atoms with E-state index in [0.29, 0.717) is 17.8 Å². The largest absolute Gasteiger partial charge is 0.481 e. The molecule has 2 rings (SSSR count). The topological polar surface area (TPSA) is 37.3 Å². The first-order valence-corrected chi connectivity index (χ1v) is 8.71. The number of carbonyl (C=O) groups is 1. The first-order valence-electron chi connectivity index (χ1n) is 8.71. The van der Waals surface area contributed by atoms with Crippen molar-refractivity contribution in [2.75, 3.05) is 0 Å². The van der Waals surface area contributed by atoms with Crippen molar-refractivity contribution in [3.8, 4) is 0 Å². The summed E-state index contributed by atoms with van der Waals surface area (Å²) in [6, 6.07) is 0. The molecule has 1 N–H and O–H groups in total. The number of carboxylic acid groups (broad SMARTS) is 1. The van der Waals surface area contributed by atoms with E-state index < -0.39 is 11.4 Å². The Morgan fingerprint density at radius 2 is 1.65 bits per heavy atom. The second-order valence-corrected chi connectivity index (χ2v) is 7.81. The average molecular weight is 280 g/mol. The highest BCUT2D eigenvalue weighted by molar-refractivity contribution is 5.75. The number of hydrogen-bond acceptors (Lipinski definition) is 1. The minimum Gasteiger partial charge on any atom is -0.481 e. The van der Waals surface area contributed by atoms with Crippen LogP contribution in [0, 0.1) is 29.1 Å². The summed E-state index contributed by atoms with van der Waals surface area (Å²) in [5.74, 6) is 2.10. The fourth-order valence-electron chi connectivity index (χ4n) is 5.08. The molecule has 2 nitrogen and oxygen atoms in total. The fourth-order valence-corrected chi connectivity index (χ4v) is 5.08. The van der Waals surface area contributed by atoms with Crippen molar-refractivity contribution in [3.05, 3.63) is 0 Å². The molecule has 0 radical (unpaired) electrons. The van der Waals surface area contributed by atoms with E-state index in [1.807, 2.05) is 0 Å². The van der Waals surface area contributed by atoms with E-state index in [2.05, 4.69) is 20.8 Å². The molecular weight excluding hydrogens is 248 g/mol. The van der Waals surface area contributed by atoms with Crippen LogP contribution in [0.1, 0.15) is 78.6 Å². The van der Waals surface area contributed by atoms with Gasteiger partial charge in [-0.05, 0) is 68.6 Å². The lowest BCUT2D eigenvalue weighted by Gasteiger charge is -2.46. The summed E-state index contributed by atoms with van der Waals surface area (Å²) < 4.78 is 0. The van der Waals surface area contributed by atoms with Crippen molar-refractivity contribution in [3.63, 3.8) is 0 Å². The second kappa shape index (κ2) is 6.49. The lowest BCUT2D eigenvalue weighted by atomic mass is 9.57. The Morgan fingerprint density at radius 3 is 2.10 bits per heavy atom. The molecule has 2 unspecified atom stereocenters. The summed E-state index contributed by atoms with van der Waals surface area (Å²) in [5, 5.41) is 9.93. The van der Waals surface area contributed by atoms with Crippen molar-refractivity contribution in [2.24, 2.45) is 29.1 Å². The van der Waals surface area contributed by atoms with E-state index in [-0.39, 0.29) is 0 Å². The summed E-state index contributed by atoms with van der Waals surface area (Å²) in [4.78, 5) is 12.1. The van der Waals surface area contributed by atoms with Gasteiger partial charge in [0.2, 0.25) is 0 Å². The van der Waals surface area contributed by atoms with Gasteiger partial charge < -0.3 is 5.11 Å². The van der Waals surface area contributed by atoms with Crippen molar-refractivity contribution in [1.29, 1.82) is 0 Å². The number of hydrogen-bond donors (Lipinski definition) is 1. The van der Waals surface area contributed by atoms with Crippen molar-refractivity contribution >= 4 is 5.97 Å². The van der Waals surface area contributed by atoms with Gasteiger partial charge in [0, 0.05) is 0 Å². The van der Waals surface area contributed by atoms with E-state index in [1.54, 1.807) is 0 Å². The molecule has 20 heavy (non-hydrogen) atoms. The van der Waals surface area contributed by atoms with E-state index in [1.165, 1.54) is 19.3 Å². The summed E-state index contributed by atoms with van der Waals surface area (Å²) in [6.45, 7) is 6.85. The Bertz CT molecular complexity index is 318. The minimum atomic E-state index is -0.501. The maximum absolute atomic E-state index is 12.1. The number of carboxylic acids is 1. The first kappa shape index (κ1) is 15.9. The van der Waals surface area contributed by atoms with Gasteiger partial charge in [0.25, 0.3) is 0 Å². The Morgan fingerprint density at radius 1 is 1.10 bits per heavy atom. The maximum atomic E-state index is 12.1. The monoisotopic (exact) mass is 280 g/mol. The molecule has 0 amide bonds. The van der Waals surface area contributed by atoms with Gasteiger partial charge >= 0.3 is 5.97 Å². The maximum Gasteiger partial charge on any atom is 0.309 e. The van der Waals surface area contributed by atoms with Gasteiger partial charge in [0.15, 0.2) is 0 Å². The second-order valence-electron chi connectivity index (χ2n) is 7.81. The third kappa shape index (κ3) is 3.20. The van der Waals surface area contributed by atoms with Gasteiger partial charge in [-0.1, -0.05) is 33.6 Å². The molecule has 2 fully saturated rings. The van der Waals surface area contributed by atoms with Crippen LogP contribution in [-0.2, 0) is 4.79 Å². The summed E-state index contributed by atoms with van der Waals surface area (Å²) in [5.41, 5.74) is -0.396.